The van der Waals surface area contributed by atoms with Gasteiger partial charge in [-0.3, -0.25) is 0 Å². The van der Waals surface area contributed by atoms with Crippen LogP contribution in [0.5, 0.6) is 0 Å². The summed E-state index contributed by atoms with van der Waals surface area (Å²) < 4.78 is 51.7. The molecule has 0 aliphatic heterocycles. The average molecular weight is 464 g/mol. The van der Waals surface area contributed by atoms with E-state index in [1.165, 1.54) is 0 Å². The van der Waals surface area contributed by atoms with Gasteiger partial charge in [-0.05, 0) is 0 Å². The SMILES string of the molecule is [O]=[Sn]([O-])[O-].[O]=[Sn]([O-])[O-].[Zn+2].[Zn+2]. The summed E-state index contributed by atoms with van der Waals surface area (Å²) in [5, 5.41) is 0. The molecule has 0 radical (unpaired) electrons. The van der Waals surface area contributed by atoms with Crippen molar-refractivity contribution in [2.75, 3.05) is 0 Å². The minimum Gasteiger partial charge on any atom is 2.00 e. The van der Waals surface area contributed by atoms with Gasteiger partial charge in [0.05, 0.1) is 0 Å². The third kappa shape index (κ3) is 170. The Balaban J connectivity index is -0.0000000300. The number of hydrogen-bond donors (Lipinski definition) is 0. The van der Waals surface area contributed by atoms with Crippen molar-refractivity contribution in [3.8, 4) is 0 Å². The molecule has 0 atom stereocenters. The van der Waals surface area contributed by atoms with Crippen LogP contribution in [0.4, 0.5) is 0 Å². The molecule has 0 aliphatic carbocycles. The van der Waals surface area contributed by atoms with Crippen LogP contribution in [0, 0.1) is 0 Å². The molecular weight excluding hydrogens is 464 g/mol. The van der Waals surface area contributed by atoms with Crippen molar-refractivity contribution in [1.82, 2.24) is 0 Å². The van der Waals surface area contributed by atoms with Gasteiger partial charge in [0, 0.05) is 0 Å². The van der Waals surface area contributed by atoms with E-state index in [1.807, 2.05) is 0 Å². The molecule has 0 spiro atoms. The molecule has 0 rings (SSSR count). The summed E-state index contributed by atoms with van der Waals surface area (Å²) in [6.45, 7) is 0. The van der Waals surface area contributed by atoms with Gasteiger partial charge in [0.15, 0.2) is 0 Å². The Morgan fingerprint density at radius 3 is 0.700 bits per heavy atom. The summed E-state index contributed by atoms with van der Waals surface area (Å²) >= 11 is -8.59. The predicted molar refractivity (Wildman–Crippen MR) is 12.9 cm³/mol. The molecule has 10 heavy (non-hydrogen) atoms. The van der Waals surface area contributed by atoms with Crippen molar-refractivity contribution in [1.29, 1.82) is 0 Å². The quantitative estimate of drug-likeness (QED) is 0.329. The van der Waals surface area contributed by atoms with Gasteiger partial charge in [-0.1, -0.05) is 0 Å². The van der Waals surface area contributed by atoms with E-state index in [4.69, 9.17) is 19.9 Å². The molecule has 0 fully saturated rings. The van der Waals surface area contributed by atoms with Crippen molar-refractivity contribution in [2.45, 2.75) is 0 Å². The Kier molecular flexibility index (Phi) is 39.6. The third-order valence-electron chi connectivity index (χ3n) is 0. The van der Waals surface area contributed by atoms with E-state index in [1.54, 1.807) is 0 Å². The largest absolute Gasteiger partial charge is 2.00 e. The van der Waals surface area contributed by atoms with Gasteiger partial charge < -0.3 is 0 Å². The van der Waals surface area contributed by atoms with Crippen LogP contribution in [0.3, 0.4) is 0 Å². The first-order valence-corrected chi connectivity index (χ1v) is 8.22. The van der Waals surface area contributed by atoms with Gasteiger partial charge in [0.25, 0.3) is 0 Å². The summed E-state index contributed by atoms with van der Waals surface area (Å²) in [5.74, 6) is 0. The Morgan fingerprint density at radius 2 is 0.700 bits per heavy atom. The fourth-order valence-electron chi connectivity index (χ4n) is 0. The summed E-state index contributed by atoms with van der Waals surface area (Å²) in [6, 6.07) is 0. The van der Waals surface area contributed by atoms with Crippen LogP contribution in [0.2, 0.25) is 0 Å². The monoisotopic (exact) mass is 464 g/mol. The first kappa shape index (κ1) is 22.8. The van der Waals surface area contributed by atoms with Crippen molar-refractivity contribution >= 4 is 41.1 Å². The van der Waals surface area contributed by atoms with Crippen molar-refractivity contribution < 1.29 is 58.9 Å². The van der Waals surface area contributed by atoms with Gasteiger partial charge in [-0.25, -0.2) is 0 Å². The van der Waals surface area contributed by atoms with E-state index in [2.05, 4.69) is 0 Å². The molecule has 0 aromatic heterocycles. The molecule has 0 aromatic rings. The second-order valence-corrected chi connectivity index (χ2v) is 3.35. The van der Waals surface area contributed by atoms with E-state index in [0.29, 0.717) is 0 Å². The standard InChI is InChI=1S/6O.2Sn.2Zn/q;;4*-1;;;2*+2. The fourth-order valence-corrected chi connectivity index (χ4v) is 0. The summed E-state index contributed by atoms with van der Waals surface area (Å²) in [7, 11) is 0. The maximum absolute atomic E-state index is 8.61. The Hall–Kier alpha value is 2.28. The van der Waals surface area contributed by atoms with E-state index >= 15 is 0 Å². The molecule has 0 saturated heterocycles. The van der Waals surface area contributed by atoms with Crippen LogP contribution < -0.4 is 13.8 Å². The smallest absolute Gasteiger partial charge is 2.00 e. The molecule has 0 unspecified atom stereocenters. The van der Waals surface area contributed by atoms with Crippen molar-refractivity contribution in [3.05, 3.63) is 0 Å². The molecule has 0 aromatic carbocycles. The summed E-state index contributed by atoms with van der Waals surface area (Å²) in [4.78, 5) is 0. The van der Waals surface area contributed by atoms with E-state index in [-0.39, 0.29) is 39.0 Å². The Labute approximate surface area is 98.6 Å². The minimum atomic E-state index is -4.29. The zero-order valence-electron chi connectivity index (χ0n) is 4.86. The molecular formula is O6Sn2Zn2. The van der Waals surface area contributed by atoms with Gasteiger partial charge >= 0.3 is 100 Å². The van der Waals surface area contributed by atoms with E-state index < -0.39 is 41.1 Å². The predicted octanol–water partition coefficient (Wildman–Crippen LogP) is -5.76. The fraction of sp³-hybridized carbons (Fsp3) is 0. The molecule has 0 aliphatic rings. The number of hydrogen-bond acceptors (Lipinski definition) is 6. The van der Waals surface area contributed by atoms with Crippen LogP contribution in [0.25, 0.3) is 0 Å². The maximum Gasteiger partial charge on any atom is 2.00 e. The van der Waals surface area contributed by atoms with Gasteiger partial charge in [-0.2, -0.15) is 0 Å². The number of rotatable bonds is 0. The van der Waals surface area contributed by atoms with Crippen LogP contribution in [-0.4, -0.2) is 41.1 Å². The van der Waals surface area contributed by atoms with Crippen molar-refractivity contribution in [3.63, 3.8) is 0 Å². The van der Waals surface area contributed by atoms with E-state index in [9.17, 15) is 0 Å². The molecule has 0 saturated carbocycles. The van der Waals surface area contributed by atoms with Crippen LogP contribution >= 0.6 is 0 Å². The molecule has 0 amide bonds. The maximum atomic E-state index is 8.61. The van der Waals surface area contributed by atoms with Gasteiger partial charge in [-0.15, -0.1) is 0 Å². The summed E-state index contributed by atoms with van der Waals surface area (Å²) in [6.07, 6.45) is 0. The second kappa shape index (κ2) is 17.4. The topological polar surface area (TPSA) is 126 Å². The van der Waals surface area contributed by atoms with Gasteiger partial charge in [0.2, 0.25) is 0 Å². The first-order valence-electron chi connectivity index (χ1n) is 1.22. The molecule has 48 valence electrons. The molecule has 6 nitrogen and oxygen atoms in total. The first-order chi connectivity index (χ1) is 3.46. The van der Waals surface area contributed by atoms with Crippen LogP contribution in [0.1, 0.15) is 0 Å². The average Bonchev–Trinajstić information content (AvgIpc) is 1.25. The molecule has 10 heteroatoms. The molecule has 0 N–H and O–H groups in total. The zero-order valence-corrected chi connectivity index (χ0v) is 16.5. The Morgan fingerprint density at radius 1 is 0.700 bits per heavy atom. The zero-order chi connectivity index (χ0) is 7.15. The normalized spacial score (nSPS) is 5.20. The van der Waals surface area contributed by atoms with E-state index in [0.717, 1.165) is 0 Å². The summed E-state index contributed by atoms with van der Waals surface area (Å²) in [5.41, 5.74) is 0. The van der Waals surface area contributed by atoms with Gasteiger partial charge in [0.1, 0.15) is 0 Å². The van der Waals surface area contributed by atoms with Crippen molar-refractivity contribution in [2.24, 2.45) is 0 Å². The minimum absolute atomic E-state index is 0. The Bertz CT molecular complexity index is 71.7. The molecule has 0 heterocycles. The molecule has 0 bridgehead atoms. The third-order valence-corrected chi connectivity index (χ3v) is 0. The van der Waals surface area contributed by atoms with Crippen LogP contribution in [0.15, 0.2) is 0 Å². The van der Waals surface area contributed by atoms with Crippen LogP contribution in [-0.2, 0) is 45.1 Å². The second-order valence-electron chi connectivity index (χ2n) is 0.500.